The minimum Gasteiger partial charge on any atom is -0.421 e. The molecule has 0 bridgehead atoms. The Labute approximate surface area is 105 Å². The highest BCUT2D eigenvalue weighted by Gasteiger charge is 2.11. The first kappa shape index (κ1) is 10.7. The number of benzene rings is 2. The van der Waals surface area contributed by atoms with Gasteiger partial charge in [-0.15, -0.1) is 10.2 Å². The fraction of sp³-hybridized carbons (Fsp3) is 0.0667. The van der Waals surface area contributed by atoms with Crippen LogP contribution < -0.4 is 0 Å². The van der Waals surface area contributed by atoms with Crippen LogP contribution in [0.2, 0.25) is 0 Å². The monoisotopic (exact) mass is 236 g/mol. The highest BCUT2D eigenvalue weighted by molar-refractivity contribution is 5.79. The first-order chi connectivity index (χ1) is 8.84. The second-order valence-corrected chi connectivity index (χ2v) is 4.04. The smallest absolute Gasteiger partial charge is 0.248 e. The van der Waals surface area contributed by atoms with Crippen molar-refractivity contribution >= 4 is 0 Å². The maximum Gasteiger partial charge on any atom is 0.248 e. The molecule has 3 aromatic rings. The molecule has 2 aromatic carbocycles. The second-order valence-electron chi connectivity index (χ2n) is 4.04. The molecule has 0 fully saturated rings. The van der Waals surface area contributed by atoms with E-state index in [-0.39, 0.29) is 0 Å². The molecule has 3 heteroatoms. The van der Waals surface area contributed by atoms with Crippen LogP contribution in [0.15, 0.2) is 59.0 Å². The molecule has 88 valence electrons. The van der Waals surface area contributed by atoms with Crippen LogP contribution in [0, 0.1) is 6.92 Å². The van der Waals surface area contributed by atoms with E-state index in [4.69, 9.17) is 4.42 Å². The van der Waals surface area contributed by atoms with Crippen LogP contribution in [0.4, 0.5) is 0 Å². The maximum atomic E-state index is 5.51. The summed E-state index contributed by atoms with van der Waals surface area (Å²) < 4.78 is 5.51. The predicted molar refractivity (Wildman–Crippen MR) is 69.9 cm³/mol. The third kappa shape index (κ3) is 1.91. The van der Waals surface area contributed by atoms with Crippen LogP contribution >= 0.6 is 0 Å². The first-order valence-electron chi connectivity index (χ1n) is 5.79. The quantitative estimate of drug-likeness (QED) is 0.680. The number of hydrogen-bond donors (Lipinski definition) is 0. The van der Waals surface area contributed by atoms with Gasteiger partial charge in [0.25, 0.3) is 0 Å². The minimum atomic E-state index is 0.562. The lowest BCUT2D eigenvalue weighted by Crippen LogP contribution is -1.84. The van der Waals surface area contributed by atoms with Crippen LogP contribution in [0.5, 0.6) is 0 Å². The fourth-order valence-corrected chi connectivity index (χ4v) is 1.94. The van der Waals surface area contributed by atoms with Gasteiger partial charge in [0.15, 0.2) is 0 Å². The van der Waals surface area contributed by atoms with Gasteiger partial charge in [0.2, 0.25) is 11.8 Å². The molecule has 0 spiro atoms. The summed E-state index contributed by atoms with van der Waals surface area (Å²) in [5, 5.41) is 7.97. The Morgan fingerprint density at radius 2 is 1.44 bits per heavy atom. The van der Waals surface area contributed by atoms with Gasteiger partial charge in [0.1, 0.15) is 0 Å². The number of aromatic nitrogens is 2. The summed E-state index contributed by atoms with van der Waals surface area (Å²) in [4.78, 5) is 0. The van der Waals surface area contributed by atoms with Crippen LogP contribution in [-0.4, -0.2) is 10.2 Å². The van der Waals surface area contributed by atoms with Gasteiger partial charge in [-0.05, 0) is 17.2 Å². The average Bonchev–Trinajstić information content (AvgIpc) is 2.86. The lowest BCUT2D eigenvalue weighted by atomic mass is 10.00. The summed E-state index contributed by atoms with van der Waals surface area (Å²) in [6, 6.07) is 18.2. The Morgan fingerprint density at radius 3 is 2.11 bits per heavy atom. The van der Waals surface area contributed by atoms with E-state index >= 15 is 0 Å². The molecule has 0 aliphatic rings. The third-order valence-corrected chi connectivity index (χ3v) is 2.77. The van der Waals surface area contributed by atoms with Crippen LogP contribution in [0.25, 0.3) is 22.6 Å². The van der Waals surface area contributed by atoms with Crippen LogP contribution in [-0.2, 0) is 0 Å². The number of rotatable bonds is 2. The van der Waals surface area contributed by atoms with E-state index < -0.39 is 0 Å². The van der Waals surface area contributed by atoms with E-state index in [0.29, 0.717) is 11.8 Å². The van der Waals surface area contributed by atoms with Gasteiger partial charge in [-0.1, -0.05) is 48.5 Å². The van der Waals surface area contributed by atoms with E-state index in [1.165, 1.54) is 0 Å². The zero-order chi connectivity index (χ0) is 12.4. The van der Waals surface area contributed by atoms with Crippen molar-refractivity contribution < 1.29 is 4.42 Å². The van der Waals surface area contributed by atoms with Crippen molar-refractivity contribution in [2.75, 3.05) is 0 Å². The highest BCUT2D eigenvalue weighted by atomic mass is 16.4. The molecule has 0 unspecified atom stereocenters. The average molecular weight is 236 g/mol. The van der Waals surface area contributed by atoms with E-state index in [2.05, 4.69) is 28.4 Å². The first-order valence-corrected chi connectivity index (χ1v) is 5.79. The van der Waals surface area contributed by atoms with Gasteiger partial charge in [-0.25, -0.2) is 0 Å². The summed E-state index contributed by atoms with van der Waals surface area (Å²) in [5.74, 6) is 1.14. The van der Waals surface area contributed by atoms with E-state index in [1.54, 1.807) is 6.92 Å². The lowest BCUT2D eigenvalue weighted by Gasteiger charge is -2.05. The zero-order valence-electron chi connectivity index (χ0n) is 10.00. The fourth-order valence-electron chi connectivity index (χ4n) is 1.94. The summed E-state index contributed by atoms with van der Waals surface area (Å²) in [5.41, 5.74) is 3.20. The molecule has 0 radical (unpaired) electrons. The summed E-state index contributed by atoms with van der Waals surface area (Å²) in [6.45, 7) is 1.79. The van der Waals surface area contributed by atoms with Gasteiger partial charge in [0.05, 0.1) is 0 Å². The molecule has 18 heavy (non-hydrogen) atoms. The molecule has 0 aliphatic heterocycles. The molecule has 0 amide bonds. The Balaban J connectivity index is 2.17. The molecule has 0 aliphatic carbocycles. The zero-order valence-corrected chi connectivity index (χ0v) is 10.00. The van der Waals surface area contributed by atoms with Crippen molar-refractivity contribution in [2.24, 2.45) is 0 Å². The largest absolute Gasteiger partial charge is 0.421 e. The molecule has 1 aromatic heterocycles. The summed E-state index contributed by atoms with van der Waals surface area (Å²) in [7, 11) is 0. The molecular weight excluding hydrogens is 224 g/mol. The minimum absolute atomic E-state index is 0.562. The Hall–Kier alpha value is -2.42. The Morgan fingerprint density at radius 1 is 0.778 bits per heavy atom. The van der Waals surface area contributed by atoms with Crippen molar-refractivity contribution in [3.8, 4) is 22.6 Å². The summed E-state index contributed by atoms with van der Waals surface area (Å²) in [6.07, 6.45) is 0. The number of aryl methyl sites for hydroxylation is 1. The molecule has 0 N–H and O–H groups in total. The van der Waals surface area contributed by atoms with E-state index in [1.807, 2.05) is 36.4 Å². The third-order valence-electron chi connectivity index (χ3n) is 2.77. The van der Waals surface area contributed by atoms with Crippen molar-refractivity contribution in [3.05, 3.63) is 60.5 Å². The van der Waals surface area contributed by atoms with Crippen molar-refractivity contribution in [1.29, 1.82) is 0 Å². The van der Waals surface area contributed by atoms with Gasteiger partial charge < -0.3 is 4.42 Å². The van der Waals surface area contributed by atoms with Gasteiger partial charge >= 0.3 is 0 Å². The maximum absolute atomic E-state index is 5.51. The van der Waals surface area contributed by atoms with Crippen LogP contribution in [0.1, 0.15) is 5.89 Å². The molecule has 0 atom stereocenters. The van der Waals surface area contributed by atoms with Crippen molar-refractivity contribution in [3.63, 3.8) is 0 Å². The summed E-state index contributed by atoms with van der Waals surface area (Å²) >= 11 is 0. The highest BCUT2D eigenvalue weighted by Crippen LogP contribution is 2.30. The Bertz CT molecular complexity index is 659. The second kappa shape index (κ2) is 4.45. The number of hydrogen-bond acceptors (Lipinski definition) is 3. The van der Waals surface area contributed by atoms with Gasteiger partial charge in [-0.2, -0.15) is 0 Å². The van der Waals surface area contributed by atoms with Crippen molar-refractivity contribution in [1.82, 2.24) is 10.2 Å². The predicted octanol–water partition coefficient (Wildman–Crippen LogP) is 3.71. The SMILES string of the molecule is Cc1nnc(-c2ccccc2-c2ccccc2)o1. The Kier molecular flexibility index (Phi) is 2.65. The molecule has 1 heterocycles. The lowest BCUT2D eigenvalue weighted by molar-refractivity contribution is 0.533. The van der Waals surface area contributed by atoms with Gasteiger partial charge in [0, 0.05) is 12.5 Å². The van der Waals surface area contributed by atoms with Crippen LogP contribution in [0.3, 0.4) is 0 Å². The number of nitrogens with zero attached hydrogens (tertiary/aromatic N) is 2. The van der Waals surface area contributed by atoms with Crippen molar-refractivity contribution in [2.45, 2.75) is 6.92 Å². The topological polar surface area (TPSA) is 38.9 Å². The van der Waals surface area contributed by atoms with E-state index in [0.717, 1.165) is 16.7 Å². The molecule has 3 rings (SSSR count). The van der Waals surface area contributed by atoms with E-state index in [9.17, 15) is 0 Å². The molecule has 0 saturated carbocycles. The molecule has 3 nitrogen and oxygen atoms in total. The molecule has 0 saturated heterocycles. The van der Waals surface area contributed by atoms with Gasteiger partial charge in [-0.3, -0.25) is 0 Å². The normalized spacial score (nSPS) is 10.5. The standard InChI is InChI=1S/C15H12N2O/c1-11-16-17-15(18-11)14-10-6-5-9-13(14)12-7-3-2-4-8-12/h2-10H,1H3. The molecular formula is C15H12N2O.